The van der Waals surface area contributed by atoms with Crippen LogP contribution < -0.4 is 5.73 Å². The fraction of sp³-hybridized carbons (Fsp3) is 1.00. The molecule has 0 spiro atoms. The largest absolute Gasteiger partial charge is 0.327 e. The second-order valence-corrected chi connectivity index (χ2v) is 4.82. The molecule has 11 heavy (non-hydrogen) atoms. The maximum absolute atomic E-state index is 10.9. The van der Waals surface area contributed by atoms with Crippen molar-refractivity contribution in [2.24, 2.45) is 5.73 Å². The molecule has 1 fully saturated rings. The Balaban J connectivity index is 2.22. The van der Waals surface area contributed by atoms with Crippen LogP contribution in [-0.2, 0) is 10.8 Å². The van der Waals surface area contributed by atoms with Crippen molar-refractivity contribution in [1.29, 1.82) is 0 Å². The van der Waals surface area contributed by atoms with Gasteiger partial charge < -0.3 is 5.73 Å². The zero-order chi connectivity index (χ0) is 8.27. The quantitative estimate of drug-likeness (QED) is 0.611. The van der Waals surface area contributed by atoms with Crippen molar-refractivity contribution in [3.8, 4) is 0 Å². The van der Waals surface area contributed by atoms with Crippen LogP contribution in [0.4, 0.5) is 0 Å². The van der Waals surface area contributed by atoms with E-state index in [1.54, 1.807) is 0 Å². The zero-order valence-corrected chi connectivity index (χ0v) is 7.77. The van der Waals surface area contributed by atoms with E-state index in [4.69, 9.17) is 5.73 Å². The molecule has 1 aliphatic heterocycles. The molecule has 66 valence electrons. The molecule has 0 unspecified atom stereocenters. The Hall–Kier alpha value is 0.0700. The van der Waals surface area contributed by atoms with Crippen molar-refractivity contribution < 1.29 is 4.21 Å². The van der Waals surface area contributed by atoms with Gasteiger partial charge in [-0.15, -0.1) is 0 Å². The summed E-state index contributed by atoms with van der Waals surface area (Å²) in [5.41, 5.74) is 5.64. The number of nitrogens with zero attached hydrogens (tertiary/aromatic N) is 1. The second-order valence-electron chi connectivity index (χ2n) is 3.13. The lowest BCUT2D eigenvalue weighted by molar-refractivity contribution is 0.285. The fourth-order valence-electron chi connectivity index (χ4n) is 1.27. The molecular weight excluding hydrogens is 160 g/mol. The monoisotopic (exact) mass is 176 g/mol. The summed E-state index contributed by atoms with van der Waals surface area (Å²) in [5.74, 6) is 1.65. The summed E-state index contributed by atoms with van der Waals surface area (Å²) in [6.45, 7) is 4.85. The summed E-state index contributed by atoms with van der Waals surface area (Å²) < 4.78 is 10.9. The van der Waals surface area contributed by atoms with Gasteiger partial charge in [0.15, 0.2) is 0 Å². The molecule has 0 radical (unpaired) electrons. The van der Waals surface area contributed by atoms with Gasteiger partial charge in [-0.2, -0.15) is 0 Å². The summed E-state index contributed by atoms with van der Waals surface area (Å²) in [6, 6.07) is 0.238. The highest BCUT2D eigenvalue weighted by Crippen LogP contribution is 1.99. The van der Waals surface area contributed by atoms with Crippen molar-refractivity contribution in [3.05, 3.63) is 0 Å². The maximum atomic E-state index is 10.9. The van der Waals surface area contributed by atoms with Crippen molar-refractivity contribution >= 4 is 10.8 Å². The van der Waals surface area contributed by atoms with E-state index in [0.29, 0.717) is 0 Å². The molecule has 1 rings (SSSR count). The molecule has 0 bridgehead atoms. The Kier molecular flexibility index (Phi) is 3.48. The minimum absolute atomic E-state index is 0.238. The predicted octanol–water partition coefficient (Wildman–Crippen LogP) is -0.602. The molecule has 1 aliphatic rings. The lowest BCUT2D eigenvalue weighted by atomic mass is 10.3. The lowest BCUT2D eigenvalue weighted by Gasteiger charge is -2.27. The number of rotatable bonds is 2. The van der Waals surface area contributed by atoms with Gasteiger partial charge in [-0.3, -0.25) is 9.11 Å². The molecule has 3 nitrogen and oxygen atoms in total. The standard InChI is InChI=1S/C7H16N2OS/c1-7(8)6-9-2-4-11(10)5-3-9/h7H,2-6,8H2,1H3/t7-/m1/s1. The van der Waals surface area contributed by atoms with Crippen LogP contribution in [0, 0.1) is 0 Å². The van der Waals surface area contributed by atoms with Crippen LogP contribution in [0.3, 0.4) is 0 Å². The fourth-order valence-corrected chi connectivity index (χ4v) is 2.39. The van der Waals surface area contributed by atoms with Crippen molar-refractivity contribution in [2.75, 3.05) is 31.1 Å². The Morgan fingerprint density at radius 3 is 2.55 bits per heavy atom. The molecule has 2 N–H and O–H groups in total. The van der Waals surface area contributed by atoms with Gasteiger partial charge in [0.25, 0.3) is 0 Å². The van der Waals surface area contributed by atoms with Crippen LogP contribution in [0.5, 0.6) is 0 Å². The lowest BCUT2D eigenvalue weighted by Crippen LogP contribution is -2.43. The SMILES string of the molecule is C[C@@H](N)CN1CCS(=O)CC1. The Morgan fingerprint density at radius 1 is 1.55 bits per heavy atom. The number of nitrogens with two attached hydrogens (primary N) is 1. The van der Waals surface area contributed by atoms with Crippen molar-refractivity contribution in [2.45, 2.75) is 13.0 Å². The normalized spacial score (nSPS) is 25.3. The van der Waals surface area contributed by atoms with E-state index >= 15 is 0 Å². The first-order chi connectivity index (χ1) is 5.18. The number of hydrogen-bond donors (Lipinski definition) is 1. The molecule has 0 saturated carbocycles. The van der Waals surface area contributed by atoms with Crippen molar-refractivity contribution in [1.82, 2.24) is 4.90 Å². The Morgan fingerprint density at radius 2 is 2.09 bits per heavy atom. The summed E-state index contributed by atoms with van der Waals surface area (Å²) in [4.78, 5) is 2.28. The smallest absolute Gasteiger partial charge is 0.0363 e. The van der Waals surface area contributed by atoms with Gasteiger partial charge in [-0.1, -0.05) is 0 Å². The summed E-state index contributed by atoms with van der Waals surface area (Å²) in [7, 11) is -0.558. The molecule has 0 aromatic heterocycles. The molecule has 1 atom stereocenters. The Labute approximate surface area is 70.4 Å². The minimum Gasteiger partial charge on any atom is -0.327 e. The third kappa shape index (κ3) is 3.31. The zero-order valence-electron chi connectivity index (χ0n) is 6.95. The topological polar surface area (TPSA) is 46.3 Å². The van der Waals surface area contributed by atoms with Crippen LogP contribution in [0.15, 0.2) is 0 Å². The van der Waals surface area contributed by atoms with Gasteiger partial charge in [0.2, 0.25) is 0 Å². The maximum Gasteiger partial charge on any atom is 0.0363 e. The first kappa shape index (κ1) is 9.16. The third-order valence-corrected chi connectivity index (χ3v) is 3.09. The highest BCUT2D eigenvalue weighted by Gasteiger charge is 2.15. The van der Waals surface area contributed by atoms with Gasteiger partial charge in [-0.05, 0) is 6.92 Å². The van der Waals surface area contributed by atoms with E-state index in [1.165, 1.54) is 0 Å². The molecule has 4 heteroatoms. The molecule has 0 aliphatic carbocycles. The van der Waals surface area contributed by atoms with Gasteiger partial charge in [0.05, 0.1) is 0 Å². The molecular formula is C7H16N2OS. The van der Waals surface area contributed by atoms with E-state index in [2.05, 4.69) is 4.90 Å². The highest BCUT2D eigenvalue weighted by atomic mass is 32.2. The van der Waals surface area contributed by atoms with Gasteiger partial charge in [0.1, 0.15) is 0 Å². The van der Waals surface area contributed by atoms with Crippen LogP contribution in [0.1, 0.15) is 6.92 Å². The van der Waals surface area contributed by atoms with Crippen LogP contribution in [0.2, 0.25) is 0 Å². The van der Waals surface area contributed by atoms with E-state index in [1.807, 2.05) is 6.92 Å². The molecule has 0 amide bonds. The van der Waals surface area contributed by atoms with Crippen LogP contribution in [0.25, 0.3) is 0 Å². The van der Waals surface area contributed by atoms with Gasteiger partial charge >= 0.3 is 0 Å². The van der Waals surface area contributed by atoms with Crippen LogP contribution >= 0.6 is 0 Å². The molecule has 0 aromatic carbocycles. The van der Waals surface area contributed by atoms with Gasteiger partial charge in [-0.25, -0.2) is 0 Å². The van der Waals surface area contributed by atoms with Crippen molar-refractivity contribution in [3.63, 3.8) is 0 Å². The highest BCUT2D eigenvalue weighted by molar-refractivity contribution is 7.85. The van der Waals surface area contributed by atoms with E-state index in [9.17, 15) is 4.21 Å². The summed E-state index contributed by atoms with van der Waals surface area (Å²) in [6.07, 6.45) is 0. The third-order valence-electron chi connectivity index (χ3n) is 1.82. The molecule has 0 aromatic rings. The Bertz CT molecular complexity index is 139. The summed E-state index contributed by atoms with van der Waals surface area (Å²) >= 11 is 0. The summed E-state index contributed by atoms with van der Waals surface area (Å²) in [5, 5.41) is 0. The minimum atomic E-state index is -0.558. The first-order valence-corrected chi connectivity index (χ1v) is 5.50. The molecule has 1 saturated heterocycles. The second kappa shape index (κ2) is 4.18. The van der Waals surface area contributed by atoms with E-state index in [-0.39, 0.29) is 6.04 Å². The average molecular weight is 176 g/mol. The molecule has 1 heterocycles. The average Bonchev–Trinajstić information content (AvgIpc) is 1.93. The van der Waals surface area contributed by atoms with Gasteiger partial charge in [0, 0.05) is 48.0 Å². The van der Waals surface area contributed by atoms with E-state index in [0.717, 1.165) is 31.1 Å². The first-order valence-electron chi connectivity index (χ1n) is 4.01. The predicted molar refractivity (Wildman–Crippen MR) is 48.0 cm³/mol. The number of hydrogen-bond acceptors (Lipinski definition) is 3. The van der Waals surface area contributed by atoms with E-state index < -0.39 is 10.8 Å². The van der Waals surface area contributed by atoms with Crippen LogP contribution in [-0.4, -0.2) is 46.3 Å².